The summed E-state index contributed by atoms with van der Waals surface area (Å²) < 4.78 is 0. The third kappa shape index (κ3) is 3.81. The van der Waals surface area contributed by atoms with Gasteiger partial charge >= 0.3 is 0 Å². The summed E-state index contributed by atoms with van der Waals surface area (Å²) in [6.45, 7) is 7.95. The molecule has 0 aromatic carbocycles. The molecule has 0 bridgehead atoms. The lowest BCUT2D eigenvalue weighted by Crippen LogP contribution is -2.36. The third-order valence-corrected chi connectivity index (χ3v) is 2.91. The number of nitrogens with zero attached hydrogens (tertiary/aromatic N) is 3. The van der Waals surface area contributed by atoms with Crippen molar-refractivity contribution >= 4 is 17.5 Å². The molecule has 19 heavy (non-hydrogen) atoms. The first kappa shape index (κ1) is 15.2. The first-order chi connectivity index (χ1) is 9.17. The summed E-state index contributed by atoms with van der Waals surface area (Å²) in [4.78, 5) is 22.1. The van der Waals surface area contributed by atoms with Gasteiger partial charge in [0.2, 0.25) is 5.91 Å². The standard InChI is InChI=1S/C13H23N5O/c1-5-10-12(15-6-2)16-9-17-13(10)18(7-3)8-11(19)14-4/h9H,5-8H2,1-4H3,(H,14,19)(H,15,16,17). The maximum atomic E-state index is 11.6. The summed E-state index contributed by atoms with van der Waals surface area (Å²) in [5.74, 6) is 1.66. The highest BCUT2D eigenvalue weighted by atomic mass is 16.1. The van der Waals surface area contributed by atoms with E-state index in [1.165, 1.54) is 0 Å². The van der Waals surface area contributed by atoms with E-state index in [0.29, 0.717) is 6.54 Å². The van der Waals surface area contributed by atoms with Crippen LogP contribution in [-0.4, -0.2) is 42.6 Å². The van der Waals surface area contributed by atoms with E-state index in [0.717, 1.165) is 36.7 Å². The summed E-state index contributed by atoms with van der Waals surface area (Å²) in [6.07, 6.45) is 2.36. The van der Waals surface area contributed by atoms with Gasteiger partial charge in [-0.25, -0.2) is 9.97 Å². The van der Waals surface area contributed by atoms with Gasteiger partial charge in [0.05, 0.1) is 6.54 Å². The zero-order valence-electron chi connectivity index (χ0n) is 12.2. The molecule has 1 rings (SSSR count). The first-order valence-corrected chi connectivity index (χ1v) is 6.71. The van der Waals surface area contributed by atoms with Crippen LogP contribution in [0, 0.1) is 0 Å². The summed E-state index contributed by atoms with van der Waals surface area (Å²) in [5.41, 5.74) is 1.05. The van der Waals surface area contributed by atoms with Gasteiger partial charge in [0.25, 0.3) is 0 Å². The van der Waals surface area contributed by atoms with Gasteiger partial charge in [0, 0.05) is 25.7 Å². The van der Waals surface area contributed by atoms with E-state index in [9.17, 15) is 4.79 Å². The molecule has 0 fully saturated rings. The molecule has 0 aliphatic carbocycles. The fourth-order valence-electron chi connectivity index (χ4n) is 1.91. The lowest BCUT2D eigenvalue weighted by molar-refractivity contribution is -0.119. The Labute approximate surface area is 114 Å². The molecule has 0 aliphatic heterocycles. The van der Waals surface area contributed by atoms with Crippen LogP contribution in [-0.2, 0) is 11.2 Å². The fraction of sp³-hybridized carbons (Fsp3) is 0.615. The number of aromatic nitrogens is 2. The van der Waals surface area contributed by atoms with Gasteiger partial charge in [0.15, 0.2) is 0 Å². The van der Waals surface area contributed by atoms with E-state index in [-0.39, 0.29) is 5.91 Å². The predicted octanol–water partition coefficient (Wildman–Crippen LogP) is 1.04. The van der Waals surface area contributed by atoms with E-state index in [1.54, 1.807) is 13.4 Å². The maximum absolute atomic E-state index is 11.6. The van der Waals surface area contributed by atoms with Crippen LogP contribution in [0.1, 0.15) is 26.3 Å². The van der Waals surface area contributed by atoms with Gasteiger partial charge in [-0.15, -0.1) is 0 Å². The SMILES string of the molecule is CCNc1ncnc(N(CC)CC(=O)NC)c1CC. The quantitative estimate of drug-likeness (QED) is 0.771. The number of hydrogen-bond donors (Lipinski definition) is 2. The van der Waals surface area contributed by atoms with Crippen molar-refractivity contribution in [2.45, 2.75) is 27.2 Å². The van der Waals surface area contributed by atoms with Crippen LogP contribution in [0.2, 0.25) is 0 Å². The molecule has 0 saturated heterocycles. The molecular formula is C13H23N5O. The van der Waals surface area contributed by atoms with Gasteiger partial charge < -0.3 is 15.5 Å². The van der Waals surface area contributed by atoms with Crippen molar-refractivity contribution in [1.82, 2.24) is 15.3 Å². The van der Waals surface area contributed by atoms with Crippen molar-refractivity contribution in [3.63, 3.8) is 0 Å². The molecule has 1 aromatic heterocycles. The topological polar surface area (TPSA) is 70.2 Å². The summed E-state index contributed by atoms with van der Waals surface area (Å²) in [5, 5.41) is 5.87. The second-order valence-corrected chi connectivity index (χ2v) is 4.10. The molecule has 106 valence electrons. The monoisotopic (exact) mass is 265 g/mol. The lowest BCUT2D eigenvalue weighted by Gasteiger charge is -2.24. The summed E-state index contributed by atoms with van der Waals surface area (Å²) in [6, 6.07) is 0. The first-order valence-electron chi connectivity index (χ1n) is 6.71. The van der Waals surface area contributed by atoms with Crippen LogP contribution in [0.3, 0.4) is 0 Å². The number of rotatable bonds is 7. The minimum Gasteiger partial charge on any atom is -0.370 e. The van der Waals surface area contributed by atoms with E-state index >= 15 is 0 Å². The average molecular weight is 265 g/mol. The Bertz CT molecular complexity index is 421. The Kier molecular flexibility index (Phi) is 6.05. The van der Waals surface area contributed by atoms with E-state index in [4.69, 9.17) is 0 Å². The number of nitrogens with one attached hydrogen (secondary N) is 2. The van der Waals surface area contributed by atoms with Gasteiger partial charge in [0.1, 0.15) is 18.0 Å². The Morgan fingerprint density at radius 3 is 2.58 bits per heavy atom. The highest BCUT2D eigenvalue weighted by Crippen LogP contribution is 2.23. The minimum absolute atomic E-state index is 0.0208. The number of hydrogen-bond acceptors (Lipinski definition) is 5. The van der Waals surface area contributed by atoms with Crippen LogP contribution in [0.15, 0.2) is 6.33 Å². The molecule has 1 aromatic rings. The lowest BCUT2D eigenvalue weighted by atomic mass is 10.2. The van der Waals surface area contributed by atoms with Crippen molar-refractivity contribution in [2.75, 3.05) is 36.9 Å². The highest BCUT2D eigenvalue weighted by molar-refractivity contribution is 5.81. The van der Waals surface area contributed by atoms with Gasteiger partial charge in [-0.05, 0) is 20.3 Å². The molecule has 0 atom stereocenters. The molecule has 1 heterocycles. The van der Waals surface area contributed by atoms with Crippen molar-refractivity contribution in [3.05, 3.63) is 11.9 Å². The van der Waals surface area contributed by atoms with Gasteiger partial charge in [-0.1, -0.05) is 6.92 Å². The molecule has 0 spiro atoms. The molecule has 6 heteroatoms. The van der Waals surface area contributed by atoms with Crippen LogP contribution in [0.25, 0.3) is 0 Å². The number of likely N-dealkylation sites (N-methyl/N-ethyl adjacent to an activating group) is 2. The zero-order chi connectivity index (χ0) is 14.3. The highest BCUT2D eigenvalue weighted by Gasteiger charge is 2.16. The van der Waals surface area contributed by atoms with E-state index in [1.807, 2.05) is 18.7 Å². The molecule has 6 nitrogen and oxygen atoms in total. The zero-order valence-corrected chi connectivity index (χ0v) is 12.2. The summed E-state index contributed by atoms with van der Waals surface area (Å²) in [7, 11) is 1.64. The second kappa shape index (κ2) is 7.56. The fourth-order valence-corrected chi connectivity index (χ4v) is 1.91. The summed E-state index contributed by atoms with van der Waals surface area (Å²) >= 11 is 0. The smallest absolute Gasteiger partial charge is 0.239 e. The minimum atomic E-state index is -0.0208. The van der Waals surface area contributed by atoms with Crippen LogP contribution >= 0.6 is 0 Å². The number of amides is 1. The van der Waals surface area contributed by atoms with E-state index in [2.05, 4.69) is 27.5 Å². The molecule has 0 radical (unpaired) electrons. The maximum Gasteiger partial charge on any atom is 0.239 e. The van der Waals surface area contributed by atoms with Crippen LogP contribution < -0.4 is 15.5 Å². The second-order valence-electron chi connectivity index (χ2n) is 4.10. The third-order valence-electron chi connectivity index (χ3n) is 2.91. The van der Waals surface area contributed by atoms with Crippen LogP contribution in [0.4, 0.5) is 11.6 Å². The average Bonchev–Trinajstić information content (AvgIpc) is 2.44. The molecule has 0 unspecified atom stereocenters. The molecule has 0 saturated carbocycles. The van der Waals surface area contributed by atoms with E-state index < -0.39 is 0 Å². The number of anilines is 2. The molecule has 1 amide bonds. The number of carbonyl (C=O) groups is 1. The molecule has 0 aliphatic rings. The Balaban J connectivity index is 3.08. The Morgan fingerprint density at radius 1 is 1.32 bits per heavy atom. The van der Waals surface area contributed by atoms with Crippen molar-refractivity contribution < 1.29 is 4.79 Å². The Morgan fingerprint density at radius 2 is 2.05 bits per heavy atom. The van der Waals surface area contributed by atoms with Crippen LogP contribution in [0.5, 0.6) is 0 Å². The molecular weight excluding hydrogens is 242 g/mol. The Hall–Kier alpha value is -1.85. The predicted molar refractivity (Wildman–Crippen MR) is 77.5 cm³/mol. The van der Waals surface area contributed by atoms with Crippen molar-refractivity contribution in [2.24, 2.45) is 0 Å². The van der Waals surface area contributed by atoms with Gasteiger partial charge in [-0.3, -0.25) is 4.79 Å². The largest absolute Gasteiger partial charge is 0.370 e. The van der Waals surface area contributed by atoms with Crippen molar-refractivity contribution in [1.29, 1.82) is 0 Å². The number of carbonyl (C=O) groups excluding carboxylic acids is 1. The van der Waals surface area contributed by atoms with Crippen molar-refractivity contribution in [3.8, 4) is 0 Å². The molecule has 2 N–H and O–H groups in total. The normalized spacial score (nSPS) is 10.1. The van der Waals surface area contributed by atoms with Gasteiger partial charge in [-0.2, -0.15) is 0 Å².